The second kappa shape index (κ2) is 8.76. The standard InChI is InChI=1S/C19H20N4O4/c1-3-4-7-10-22-18(24)14(11-20)13(2)15(19(22)25)12-21-16-8-5-6-9-17(16)23(26)27/h5-6,8-9,12,25H,3-4,7,10H2,1-2H3. The van der Waals surface area contributed by atoms with E-state index in [1.54, 1.807) is 6.07 Å². The molecule has 0 atom stereocenters. The number of pyridine rings is 1. The third-order valence-corrected chi connectivity index (χ3v) is 4.24. The van der Waals surface area contributed by atoms with Crippen LogP contribution in [0.2, 0.25) is 0 Å². The van der Waals surface area contributed by atoms with E-state index in [4.69, 9.17) is 0 Å². The zero-order valence-corrected chi connectivity index (χ0v) is 15.2. The first-order valence-electron chi connectivity index (χ1n) is 8.56. The van der Waals surface area contributed by atoms with Gasteiger partial charge in [-0.3, -0.25) is 19.5 Å². The largest absolute Gasteiger partial charge is 0.494 e. The number of unbranched alkanes of at least 4 members (excludes halogenated alkanes) is 2. The molecule has 0 aliphatic carbocycles. The van der Waals surface area contributed by atoms with E-state index in [1.165, 1.54) is 31.3 Å². The minimum absolute atomic E-state index is 0.0756. The van der Waals surface area contributed by atoms with Gasteiger partial charge in [-0.1, -0.05) is 31.9 Å². The summed E-state index contributed by atoms with van der Waals surface area (Å²) in [5, 5.41) is 31.0. The normalized spacial score (nSPS) is 10.9. The van der Waals surface area contributed by atoms with E-state index >= 15 is 0 Å². The molecule has 2 aromatic rings. The van der Waals surface area contributed by atoms with Gasteiger partial charge in [-0.2, -0.15) is 5.26 Å². The predicted molar refractivity (Wildman–Crippen MR) is 102 cm³/mol. The van der Waals surface area contributed by atoms with Crippen molar-refractivity contribution in [2.75, 3.05) is 0 Å². The van der Waals surface area contributed by atoms with Crippen molar-refractivity contribution in [2.24, 2.45) is 4.99 Å². The van der Waals surface area contributed by atoms with Crippen LogP contribution in [0.5, 0.6) is 5.88 Å². The fourth-order valence-electron chi connectivity index (χ4n) is 2.71. The molecule has 0 unspecified atom stereocenters. The number of aromatic nitrogens is 1. The zero-order chi connectivity index (χ0) is 20.0. The molecule has 0 amide bonds. The first-order chi connectivity index (χ1) is 12.9. The Morgan fingerprint density at radius 1 is 1.37 bits per heavy atom. The lowest BCUT2D eigenvalue weighted by molar-refractivity contribution is -0.384. The maximum atomic E-state index is 12.5. The Hall–Kier alpha value is -3.47. The van der Waals surface area contributed by atoms with Crippen molar-refractivity contribution in [3.05, 3.63) is 61.4 Å². The van der Waals surface area contributed by atoms with E-state index in [1.807, 2.05) is 13.0 Å². The van der Waals surface area contributed by atoms with Crippen molar-refractivity contribution >= 4 is 17.6 Å². The molecule has 0 fully saturated rings. The summed E-state index contributed by atoms with van der Waals surface area (Å²) in [6.07, 6.45) is 3.75. The first kappa shape index (κ1) is 19.8. The van der Waals surface area contributed by atoms with E-state index in [9.17, 15) is 25.3 Å². The van der Waals surface area contributed by atoms with Gasteiger partial charge in [0.1, 0.15) is 17.3 Å². The van der Waals surface area contributed by atoms with Crippen LogP contribution in [0.25, 0.3) is 0 Å². The summed E-state index contributed by atoms with van der Waals surface area (Å²) < 4.78 is 1.15. The molecular formula is C19H20N4O4. The van der Waals surface area contributed by atoms with Crippen LogP contribution < -0.4 is 5.56 Å². The van der Waals surface area contributed by atoms with Gasteiger partial charge < -0.3 is 5.11 Å². The van der Waals surface area contributed by atoms with E-state index in [-0.39, 0.29) is 40.5 Å². The van der Waals surface area contributed by atoms with Gasteiger partial charge in [0.2, 0.25) is 5.88 Å². The second-order valence-corrected chi connectivity index (χ2v) is 6.02. The molecule has 140 valence electrons. The molecule has 27 heavy (non-hydrogen) atoms. The molecule has 1 aromatic heterocycles. The fraction of sp³-hybridized carbons (Fsp3) is 0.316. The van der Waals surface area contributed by atoms with E-state index in [2.05, 4.69) is 4.99 Å². The Morgan fingerprint density at radius 3 is 2.70 bits per heavy atom. The summed E-state index contributed by atoms with van der Waals surface area (Å²) in [5.41, 5.74) is -0.208. The van der Waals surface area contributed by atoms with Gasteiger partial charge in [0.25, 0.3) is 11.2 Å². The number of nitriles is 1. The summed E-state index contributed by atoms with van der Waals surface area (Å²) >= 11 is 0. The Morgan fingerprint density at radius 2 is 2.07 bits per heavy atom. The van der Waals surface area contributed by atoms with Crippen LogP contribution in [-0.4, -0.2) is 20.8 Å². The Kier molecular flexibility index (Phi) is 6.44. The fourth-order valence-corrected chi connectivity index (χ4v) is 2.71. The molecule has 8 nitrogen and oxygen atoms in total. The number of nitrogens with zero attached hydrogens (tertiary/aromatic N) is 4. The van der Waals surface area contributed by atoms with Gasteiger partial charge >= 0.3 is 0 Å². The molecule has 0 spiro atoms. The van der Waals surface area contributed by atoms with Crippen molar-refractivity contribution in [1.29, 1.82) is 5.26 Å². The molecule has 0 saturated carbocycles. The van der Waals surface area contributed by atoms with Crippen LogP contribution in [0.4, 0.5) is 11.4 Å². The monoisotopic (exact) mass is 368 g/mol. The zero-order valence-electron chi connectivity index (χ0n) is 15.2. The number of aliphatic imine (C=N–C) groups is 1. The summed E-state index contributed by atoms with van der Waals surface area (Å²) in [7, 11) is 0. The molecule has 8 heteroatoms. The number of para-hydroxylation sites is 2. The maximum Gasteiger partial charge on any atom is 0.294 e. The lowest BCUT2D eigenvalue weighted by Gasteiger charge is -2.13. The average molecular weight is 368 g/mol. The lowest BCUT2D eigenvalue weighted by atomic mass is 10.1. The summed E-state index contributed by atoms with van der Waals surface area (Å²) in [4.78, 5) is 27.1. The van der Waals surface area contributed by atoms with Gasteiger partial charge in [-0.25, -0.2) is 4.99 Å². The van der Waals surface area contributed by atoms with Crippen LogP contribution in [0.15, 0.2) is 34.1 Å². The van der Waals surface area contributed by atoms with Crippen molar-refractivity contribution in [1.82, 2.24) is 4.57 Å². The van der Waals surface area contributed by atoms with Crippen LogP contribution in [0.3, 0.4) is 0 Å². The Bertz CT molecular complexity index is 986. The molecule has 0 aliphatic rings. The minimum Gasteiger partial charge on any atom is -0.494 e. The highest BCUT2D eigenvalue weighted by Gasteiger charge is 2.18. The highest BCUT2D eigenvalue weighted by Crippen LogP contribution is 2.27. The SMILES string of the molecule is CCCCCn1c(O)c(C=Nc2ccccc2[N+](=O)[O-])c(C)c(C#N)c1=O. The average Bonchev–Trinajstić information content (AvgIpc) is 2.65. The third-order valence-electron chi connectivity index (χ3n) is 4.24. The van der Waals surface area contributed by atoms with Gasteiger partial charge in [0.05, 0.1) is 10.5 Å². The number of aromatic hydroxyl groups is 1. The number of benzene rings is 1. The molecular weight excluding hydrogens is 348 g/mol. The van der Waals surface area contributed by atoms with Gasteiger partial charge in [-0.15, -0.1) is 0 Å². The predicted octanol–water partition coefficient (Wildman–Crippen LogP) is 3.58. The van der Waals surface area contributed by atoms with Crippen molar-refractivity contribution in [2.45, 2.75) is 39.7 Å². The molecule has 1 aromatic carbocycles. The molecule has 0 saturated heterocycles. The van der Waals surface area contributed by atoms with Crippen molar-refractivity contribution in [3.63, 3.8) is 0 Å². The molecule has 1 heterocycles. The highest BCUT2D eigenvalue weighted by atomic mass is 16.6. The first-order valence-corrected chi connectivity index (χ1v) is 8.56. The van der Waals surface area contributed by atoms with Gasteiger partial charge in [0.15, 0.2) is 0 Å². The molecule has 0 aliphatic heterocycles. The second-order valence-electron chi connectivity index (χ2n) is 6.02. The highest BCUT2D eigenvalue weighted by molar-refractivity contribution is 5.88. The smallest absolute Gasteiger partial charge is 0.294 e. The van der Waals surface area contributed by atoms with Crippen LogP contribution >= 0.6 is 0 Å². The molecule has 0 bridgehead atoms. The minimum atomic E-state index is -0.550. The lowest BCUT2D eigenvalue weighted by Crippen LogP contribution is -2.25. The number of hydrogen-bond acceptors (Lipinski definition) is 6. The van der Waals surface area contributed by atoms with Crippen LogP contribution in [0.1, 0.15) is 42.9 Å². The Labute approximate surface area is 156 Å². The topological polar surface area (TPSA) is 122 Å². The van der Waals surface area contributed by atoms with E-state index in [0.717, 1.165) is 17.4 Å². The third kappa shape index (κ3) is 4.20. The van der Waals surface area contributed by atoms with Crippen molar-refractivity contribution in [3.8, 4) is 11.9 Å². The number of rotatable bonds is 7. The molecule has 2 rings (SSSR count). The molecule has 0 radical (unpaired) electrons. The van der Waals surface area contributed by atoms with Gasteiger partial charge in [-0.05, 0) is 25.0 Å². The van der Waals surface area contributed by atoms with Gasteiger partial charge in [0, 0.05) is 18.8 Å². The summed E-state index contributed by atoms with van der Waals surface area (Å²) in [5.74, 6) is -0.296. The molecule has 1 N–H and O–H groups in total. The maximum absolute atomic E-state index is 12.5. The summed E-state index contributed by atoms with van der Waals surface area (Å²) in [6.45, 7) is 3.83. The quantitative estimate of drug-likeness (QED) is 0.346. The van der Waals surface area contributed by atoms with Crippen molar-refractivity contribution < 1.29 is 10.0 Å². The van der Waals surface area contributed by atoms with E-state index < -0.39 is 10.5 Å². The number of nitro groups is 1. The summed E-state index contributed by atoms with van der Waals surface area (Å²) in [6, 6.07) is 7.82. The number of hydrogen-bond donors (Lipinski definition) is 1. The number of nitro benzene ring substituents is 1. The Balaban J connectivity index is 2.57. The van der Waals surface area contributed by atoms with Crippen LogP contribution in [0, 0.1) is 28.4 Å². The van der Waals surface area contributed by atoms with E-state index in [0.29, 0.717) is 6.42 Å². The van der Waals surface area contributed by atoms with Crippen LogP contribution in [-0.2, 0) is 6.54 Å².